The van der Waals surface area contributed by atoms with Gasteiger partial charge in [-0.3, -0.25) is 0 Å². The molecule has 7 heteroatoms. The second-order valence-corrected chi connectivity index (χ2v) is 8.81. The van der Waals surface area contributed by atoms with Gasteiger partial charge in [-0.2, -0.15) is 0 Å². The van der Waals surface area contributed by atoms with Crippen LogP contribution in [-0.2, 0) is 14.9 Å². The average molecular weight is 407 g/mol. The maximum atomic E-state index is 12.2. The molecule has 0 aliphatic heterocycles. The van der Waals surface area contributed by atoms with Gasteiger partial charge in [0.1, 0.15) is 0 Å². The summed E-state index contributed by atoms with van der Waals surface area (Å²) in [5.41, 5.74) is 0.400. The highest BCUT2D eigenvalue weighted by molar-refractivity contribution is 6.66. The Labute approximate surface area is 156 Å². The topological polar surface area (TPSA) is 26.3 Å². The Morgan fingerprint density at radius 2 is 1.64 bits per heavy atom. The Hall–Kier alpha value is 0.140. The zero-order chi connectivity index (χ0) is 17.2. The van der Waals surface area contributed by atoms with Crippen LogP contribution >= 0.6 is 58.0 Å². The fraction of sp³-hybridized carbons (Fsp3) is 0.533. The number of carbonyl (C=O) groups is 1. The van der Waals surface area contributed by atoms with Crippen molar-refractivity contribution in [1.29, 1.82) is 0 Å². The van der Waals surface area contributed by atoms with Gasteiger partial charge in [-0.05, 0) is 53.7 Å². The standard InChI is InChI=1S/C15H17Cl5O2/c1-4-13(2,10-8-6-5-7-9-10)11(16)14(3,17)12(21)22-15(18,19)20/h5-9,11H,4H2,1-3H3. The maximum Gasteiger partial charge on any atom is 0.340 e. The summed E-state index contributed by atoms with van der Waals surface area (Å²) >= 11 is 29.4. The van der Waals surface area contributed by atoms with E-state index in [0.717, 1.165) is 5.56 Å². The van der Waals surface area contributed by atoms with Gasteiger partial charge in [0.25, 0.3) is 0 Å². The zero-order valence-electron chi connectivity index (χ0n) is 12.4. The number of benzene rings is 1. The molecule has 124 valence electrons. The van der Waals surface area contributed by atoms with Gasteiger partial charge in [0.2, 0.25) is 0 Å². The molecule has 2 nitrogen and oxygen atoms in total. The molecule has 1 aromatic rings. The minimum absolute atomic E-state index is 0.564. The predicted octanol–water partition coefficient (Wildman–Crippen LogP) is 5.83. The fourth-order valence-corrected chi connectivity index (χ4v) is 3.11. The summed E-state index contributed by atoms with van der Waals surface area (Å²) < 4.78 is 2.56. The molecule has 0 aliphatic carbocycles. The lowest BCUT2D eigenvalue weighted by molar-refractivity contribution is -0.147. The summed E-state index contributed by atoms with van der Waals surface area (Å²) in [4.78, 5) is 10.7. The van der Waals surface area contributed by atoms with Crippen LogP contribution in [0.4, 0.5) is 0 Å². The predicted molar refractivity (Wildman–Crippen MR) is 94.4 cm³/mol. The van der Waals surface area contributed by atoms with Crippen LogP contribution in [0.1, 0.15) is 32.8 Å². The molecule has 3 atom stereocenters. The van der Waals surface area contributed by atoms with E-state index in [2.05, 4.69) is 0 Å². The van der Waals surface area contributed by atoms with Crippen LogP contribution in [0.2, 0.25) is 0 Å². The van der Waals surface area contributed by atoms with Crippen molar-refractivity contribution in [3.63, 3.8) is 0 Å². The van der Waals surface area contributed by atoms with E-state index < -0.39 is 25.6 Å². The minimum Gasteiger partial charge on any atom is -0.413 e. The van der Waals surface area contributed by atoms with E-state index in [9.17, 15) is 4.79 Å². The first-order chi connectivity index (χ1) is 9.95. The van der Waals surface area contributed by atoms with E-state index in [0.29, 0.717) is 6.42 Å². The van der Waals surface area contributed by atoms with Crippen LogP contribution in [0.5, 0.6) is 0 Å². The smallest absolute Gasteiger partial charge is 0.340 e. The molecule has 3 unspecified atom stereocenters. The number of halogens is 5. The van der Waals surface area contributed by atoms with Crippen molar-refractivity contribution in [3.05, 3.63) is 35.9 Å². The first kappa shape index (κ1) is 20.2. The summed E-state index contributed by atoms with van der Waals surface area (Å²) in [5, 5.41) is -0.783. The molecule has 0 aromatic heterocycles. The monoisotopic (exact) mass is 404 g/mol. The van der Waals surface area contributed by atoms with Gasteiger partial charge in [-0.25, -0.2) is 4.79 Å². The third-order valence-electron chi connectivity index (χ3n) is 3.81. The van der Waals surface area contributed by atoms with Crippen LogP contribution < -0.4 is 0 Å². The molecule has 0 fully saturated rings. The van der Waals surface area contributed by atoms with Gasteiger partial charge < -0.3 is 4.74 Å². The number of hydrogen-bond acceptors (Lipinski definition) is 2. The molecule has 0 N–H and O–H groups in total. The molecule has 0 spiro atoms. The molecule has 0 aliphatic rings. The van der Waals surface area contributed by atoms with E-state index in [1.807, 2.05) is 44.2 Å². The van der Waals surface area contributed by atoms with Gasteiger partial charge in [-0.15, -0.1) is 23.2 Å². The molecular weight excluding hydrogens is 389 g/mol. The molecular formula is C15H17Cl5O2. The molecule has 1 aromatic carbocycles. The van der Waals surface area contributed by atoms with E-state index in [1.165, 1.54) is 6.92 Å². The highest BCUT2D eigenvalue weighted by atomic mass is 35.6. The zero-order valence-corrected chi connectivity index (χ0v) is 16.2. The van der Waals surface area contributed by atoms with Gasteiger partial charge in [0.05, 0.1) is 5.38 Å². The van der Waals surface area contributed by atoms with Crippen molar-refractivity contribution in [2.24, 2.45) is 0 Å². The highest BCUT2D eigenvalue weighted by Crippen LogP contribution is 2.44. The van der Waals surface area contributed by atoms with Crippen molar-refractivity contribution in [3.8, 4) is 0 Å². The normalized spacial score (nSPS) is 18.9. The molecule has 0 amide bonds. The Balaban J connectivity index is 3.14. The van der Waals surface area contributed by atoms with Crippen LogP contribution in [0.3, 0.4) is 0 Å². The Bertz CT molecular complexity index is 512. The highest BCUT2D eigenvalue weighted by Gasteiger charge is 2.51. The Kier molecular flexibility index (Phi) is 6.75. The van der Waals surface area contributed by atoms with Crippen molar-refractivity contribution in [2.75, 3.05) is 0 Å². The van der Waals surface area contributed by atoms with Crippen molar-refractivity contribution in [2.45, 2.75) is 46.8 Å². The lowest BCUT2D eigenvalue weighted by Crippen LogP contribution is -2.51. The second kappa shape index (κ2) is 7.36. The minimum atomic E-state index is -2.18. The van der Waals surface area contributed by atoms with Crippen molar-refractivity contribution in [1.82, 2.24) is 0 Å². The van der Waals surface area contributed by atoms with Crippen molar-refractivity contribution >= 4 is 64.0 Å². The first-order valence-electron chi connectivity index (χ1n) is 6.64. The van der Waals surface area contributed by atoms with Crippen LogP contribution in [0.15, 0.2) is 30.3 Å². The molecule has 0 radical (unpaired) electrons. The molecule has 0 saturated carbocycles. The summed E-state index contributed by atoms with van der Waals surface area (Å²) in [5.74, 6) is -0.884. The number of esters is 1. The van der Waals surface area contributed by atoms with Gasteiger partial charge in [0, 0.05) is 5.41 Å². The average Bonchev–Trinajstić information content (AvgIpc) is 2.44. The summed E-state index contributed by atoms with van der Waals surface area (Å²) in [6.07, 6.45) is 0.661. The lowest BCUT2D eigenvalue weighted by Gasteiger charge is -2.40. The largest absolute Gasteiger partial charge is 0.413 e. The quantitative estimate of drug-likeness (QED) is 0.454. The SMILES string of the molecule is CCC(C)(c1ccccc1)C(Cl)C(C)(Cl)C(=O)OC(Cl)(Cl)Cl. The molecule has 0 heterocycles. The Morgan fingerprint density at radius 1 is 1.14 bits per heavy atom. The van der Waals surface area contributed by atoms with E-state index in [4.69, 9.17) is 62.7 Å². The van der Waals surface area contributed by atoms with Gasteiger partial charge >= 0.3 is 9.95 Å². The van der Waals surface area contributed by atoms with Gasteiger partial charge in [0.15, 0.2) is 4.87 Å². The van der Waals surface area contributed by atoms with Crippen molar-refractivity contribution < 1.29 is 9.53 Å². The summed E-state index contributed by atoms with van der Waals surface area (Å²) in [7, 11) is 0. The number of hydrogen-bond donors (Lipinski definition) is 0. The molecule has 1 rings (SSSR count). The van der Waals surface area contributed by atoms with E-state index in [1.54, 1.807) is 0 Å². The summed E-state index contributed by atoms with van der Waals surface area (Å²) in [6.45, 7) is 5.36. The number of carbonyl (C=O) groups excluding carboxylic acids is 1. The van der Waals surface area contributed by atoms with E-state index in [-0.39, 0.29) is 0 Å². The number of ether oxygens (including phenoxy) is 1. The third kappa shape index (κ3) is 4.58. The molecule has 0 bridgehead atoms. The Morgan fingerprint density at radius 3 is 2.05 bits per heavy atom. The molecule has 22 heavy (non-hydrogen) atoms. The lowest BCUT2D eigenvalue weighted by atomic mass is 9.73. The fourth-order valence-electron chi connectivity index (χ4n) is 2.26. The van der Waals surface area contributed by atoms with Crippen LogP contribution in [0.25, 0.3) is 0 Å². The molecule has 0 saturated heterocycles. The number of rotatable bonds is 5. The van der Waals surface area contributed by atoms with Gasteiger partial charge in [-0.1, -0.05) is 44.2 Å². The third-order valence-corrected chi connectivity index (χ3v) is 5.44. The van der Waals surface area contributed by atoms with Crippen LogP contribution in [-0.4, -0.2) is 20.2 Å². The van der Waals surface area contributed by atoms with E-state index >= 15 is 0 Å². The number of alkyl halides is 5. The first-order valence-corrected chi connectivity index (χ1v) is 8.58. The second-order valence-electron chi connectivity index (χ2n) is 5.41. The maximum absolute atomic E-state index is 12.2. The van der Waals surface area contributed by atoms with Crippen LogP contribution in [0, 0.1) is 0 Å². The summed E-state index contributed by atoms with van der Waals surface area (Å²) in [6, 6.07) is 9.58.